The van der Waals surface area contributed by atoms with Gasteiger partial charge in [-0.1, -0.05) is 5.16 Å². The molecule has 7 rings (SSSR count). The Morgan fingerprint density at radius 3 is 2.84 bits per heavy atom. The quantitative estimate of drug-likeness (QED) is 0.396. The van der Waals surface area contributed by atoms with Crippen molar-refractivity contribution in [3.63, 3.8) is 0 Å². The summed E-state index contributed by atoms with van der Waals surface area (Å²) in [5.74, 6) is 2.34. The number of fused-ring (bicyclic) bond motifs is 3. The number of amides is 1. The predicted molar refractivity (Wildman–Crippen MR) is 144 cm³/mol. The van der Waals surface area contributed by atoms with E-state index >= 15 is 0 Å². The van der Waals surface area contributed by atoms with Gasteiger partial charge in [0.15, 0.2) is 5.82 Å². The lowest BCUT2D eigenvalue weighted by Gasteiger charge is -2.32. The summed E-state index contributed by atoms with van der Waals surface area (Å²) in [7, 11) is 5.15. The number of hydrogen-bond acceptors (Lipinski definition) is 7. The van der Waals surface area contributed by atoms with Crippen molar-refractivity contribution in [2.24, 2.45) is 35.7 Å². The average molecular weight is 514 g/mol. The summed E-state index contributed by atoms with van der Waals surface area (Å²) in [4.78, 5) is 30.1. The molecule has 0 radical (unpaired) electrons. The van der Waals surface area contributed by atoms with Crippen LogP contribution in [0.5, 0.6) is 5.75 Å². The number of likely N-dealkylation sites (tertiary alicyclic amines) is 1. The number of imidazole rings is 1. The maximum Gasteiger partial charge on any atom is 0.255 e. The molecule has 0 spiro atoms. The van der Waals surface area contributed by atoms with Crippen LogP contribution in [0.1, 0.15) is 29.6 Å². The van der Waals surface area contributed by atoms with Crippen LogP contribution < -0.4 is 10.5 Å². The summed E-state index contributed by atoms with van der Waals surface area (Å²) in [6, 6.07) is 9.86. The molecule has 2 saturated carbocycles. The molecular formula is C28H31N7O3. The predicted octanol–water partition coefficient (Wildman–Crippen LogP) is 3.39. The van der Waals surface area contributed by atoms with Crippen molar-refractivity contribution in [2.75, 3.05) is 20.8 Å². The fraction of sp³-hybridized carbons (Fsp3) is 0.429. The molecule has 1 aliphatic heterocycles. The summed E-state index contributed by atoms with van der Waals surface area (Å²) < 4.78 is 10.1. The molecule has 10 heteroatoms. The second kappa shape index (κ2) is 8.56. The van der Waals surface area contributed by atoms with Crippen LogP contribution in [0.3, 0.4) is 0 Å². The highest BCUT2D eigenvalue weighted by Crippen LogP contribution is 2.42. The number of carbonyl (C=O) groups excluding carboxylic acids is 1. The van der Waals surface area contributed by atoms with E-state index in [9.17, 15) is 4.79 Å². The molecule has 3 aromatic heterocycles. The van der Waals surface area contributed by atoms with Gasteiger partial charge >= 0.3 is 0 Å². The zero-order valence-electron chi connectivity index (χ0n) is 21.8. The third kappa shape index (κ3) is 3.43. The van der Waals surface area contributed by atoms with E-state index in [4.69, 9.17) is 20.3 Å². The molecule has 2 N–H and O–H groups in total. The van der Waals surface area contributed by atoms with Crippen molar-refractivity contribution in [3.8, 4) is 17.3 Å². The van der Waals surface area contributed by atoms with Gasteiger partial charge in [-0.15, -0.1) is 0 Å². The highest BCUT2D eigenvalue weighted by molar-refractivity contribution is 6.02. The molecule has 3 atom stereocenters. The van der Waals surface area contributed by atoms with Gasteiger partial charge in [-0.3, -0.25) is 4.79 Å². The maximum atomic E-state index is 13.7. The van der Waals surface area contributed by atoms with E-state index < -0.39 is 6.17 Å². The number of rotatable bonds is 6. The maximum absolute atomic E-state index is 13.7. The highest BCUT2D eigenvalue weighted by atomic mass is 16.6. The summed E-state index contributed by atoms with van der Waals surface area (Å²) in [6.45, 7) is 1.53. The molecule has 38 heavy (non-hydrogen) atoms. The third-order valence-electron chi connectivity index (χ3n) is 8.42. The van der Waals surface area contributed by atoms with Crippen LogP contribution in [0.25, 0.3) is 33.6 Å². The first-order valence-electron chi connectivity index (χ1n) is 13.1. The molecule has 196 valence electrons. The number of aromatic nitrogens is 4. The first kappa shape index (κ1) is 23.2. The Morgan fingerprint density at radius 2 is 2.08 bits per heavy atom. The van der Waals surface area contributed by atoms with Crippen molar-refractivity contribution >= 4 is 33.7 Å². The molecule has 0 bridgehead atoms. The van der Waals surface area contributed by atoms with Crippen molar-refractivity contribution in [3.05, 3.63) is 42.1 Å². The van der Waals surface area contributed by atoms with Gasteiger partial charge in [0.25, 0.3) is 5.91 Å². The number of oxime groups is 1. The molecular weight excluding hydrogens is 482 g/mol. The number of benzene rings is 1. The molecule has 1 aromatic carbocycles. The minimum Gasteiger partial charge on any atom is -0.494 e. The number of nitrogens with zero attached hydrogens (tertiary/aromatic N) is 6. The molecule has 3 fully saturated rings. The van der Waals surface area contributed by atoms with Gasteiger partial charge in [0, 0.05) is 43.2 Å². The zero-order valence-corrected chi connectivity index (χ0v) is 21.8. The van der Waals surface area contributed by atoms with Crippen molar-refractivity contribution < 1.29 is 14.4 Å². The Bertz CT molecular complexity index is 1620. The molecule has 3 aliphatic rings. The van der Waals surface area contributed by atoms with Crippen LogP contribution in [0.4, 0.5) is 0 Å². The Kier molecular flexibility index (Phi) is 5.23. The van der Waals surface area contributed by atoms with Crippen LogP contribution >= 0.6 is 0 Å². The second-order valence-electron chi connectivity index (χ2n) is 10.7. The number of hydrogen-bond donors (Lipinski definition) is 1. The van der Waals surface area contributed by atoms with Gasteiger partial charge < -0.3 is 29.3 Å². The number of aryl methyl sites for hydroxylation is 1. The third-order valence-corrected chi connectivity index (χ3v) is 8.42. The first-order chi connectivity index (χ1) is 18.5. The molecule has 2 aliphatic carbocycles. The molecule has 4 aromatic rings. The largest absolute Gasteiger partial charge is 0.494 e. The standard InChI is InChI=1S/C28H31N7O3/c1-33-24-20(31-27(33)21-11-16-5-4-8-30-26(16)34(21)13-15-6-7-15)9-17(12-22(24)37-2)28(36)35-14-18-10-19(32-38-3)23(18)25(35)29/h4-5,8-9,11-12,15,18,23,25H,6-7,10,13-14,29H2,1-3H3/b32-19+/t18-,23+,25+/m1/s1. The van der Waals surface area contributed by atoms with Crippen LogP contribution in [0.15, 0.2) is 41.7 Å². The van der Waals surface area contributed by atoms with Gasteiger partial charge in [-0.05, 0) is 61.4 Å². The molecule has 1 amide bonds. The molecule has 1 saturated heterocycles. The summed E-state index contributed by atoms with van der Waals surface area (Å²) in [5.41, 5.74) is 11.5. The summed E-state index contributed by atoms with van der Waals surface area (Å²) in [5, 5.41) is 5.19. The van der Waals surface area contributed by atoms with Crippen LogP contribution in [0, 0.1) is 17.8 Å². The van der Waals surface area contributed by atoms with E-state index in [1.54, 1.807) is 18.1 Å². The lowest BCUT2D eigenvalue weighted by molar-refractivity contribution is 0.0732. The smallest absolute Gasteiger partial charge is 0.255 e. The van der Waals surface area contributed by atoms with E-state index in [-0.39, 0.29) is 11.8 Å². The van der Waals surface area contributed by atoms with E-state index in [1.165, 1.54) is 20.0 Å². The number of carbonyl (C=O) groups is 1. The zero-order chi connectivity index (χ0) is 26.1. The first-order valence-corrected chi connectivity index (χ1v) is 13.1. The Balaban J connectivity index is 1.30. The van der Waals surface area contributed by atoms with Crippen LogP contribution in [-0.2, 0) is 18.4 Å². The van der Waals surface area contributed by atoms with Gasteiger partial charge in [-0.2, -0.15) is 0 Å². The topological polar surface area (TPSA) is 113 Å². The van der Waals surface area contributed by atoms with Crippen molar-refractivity contribution in [1.29, 1.82) is 0 Å². The number of pyridine rings is 1. The lowest BCUT2D eigenvalue weighted by atomic mass is 9.73. The number of nitrogens with two attached hydrogens (primary N) is 1. The van der Waals surface area contributed by atoms with E-state index in [0.29, 0.717) is 35.2 Å². The fourth-order valence-corrected chi connectivity index (χ4v) is 6.30. The Hall–Kier alpha value is -3.92. The highest BCUT2D eigenvalue weighted by Gasteiger charge is 2.52. The van der Waals surface area contributed by atoms with Crippen LogP contribution in [0.2, 0.25) is 0 Å². The number of methoxy groups -OCH3 is 1. The minimum absolute atomic E-state index is 0.0491. The SMILES string of the molecule is CO/N=C1\C[C@@H]2CN(C(=O)c3cc(OC)c4c(c3)nc(-c3cc5cccnc5n3CC3CC3)n4C)[C@H](N)[C@H]12. The van der Waals surface area contributed by atoms with E-state index in [0.717, 1.165) is 46.7 Å². The summed E-state index contributed by atoms with van der Waals surface area (Å²) >= 11 is 0. The van der Waals surface area contributed by atoms with Gasteiger partial charge in [0.1, 0.15) is 24.0 Å². The average Bonchev–Trinajstić information content (AvgIpc) is 3.49. The van der Waals surface area contributed by atoms with Crippen LogP contribution in [-0.4, -0.2) is 62.6 Å². The normalized spacial score (nSPS) is 23.7. The van der Waals surface area contributed by atoms with Gasteiger partial charge in [0.2, 0.25) is 0 Å². The monoisotopic (exact) mass is 513 g/mol. The van der Waals surface area contributed by atoms with Gasteiger partial charge in [-0.25, -0.2) is 9.97 Å². The fourth-order valence-electron chi connectivity index (χ4n) is 6.30. The molecule has 4 heterocycles. The van der Waals surface area contributed by atoms with E-state index in [1.807, 2.05) is 25.4 Å². The molecule has 0 unspecified atom stereocenters. The Labute approximate surface area is 220 Å². The van der Waals surface area contributed by atoms with E-state index in [2.05, 4.69) is 31.4 Å². The second-order valence-corrected chi connectivity index (χ2v) is 10.7. The van der Waals surface area contributed by atoms with Crippen molar-refractivity contribution in [2.45, 2.75) is 32.0 Å². The Morgan fingerprint density at radius 1 is 1.24 bits per heavy atom. The lowest BCUT2D eigenvalue weighted by Crippen LogP contribution is -2.48. The van der Waals surface area contributed by atoms with Gasteiger partial charge in [0.05, 0.1) is 30.2 Å². The summed E-state index contributed by atoms with van der Waals surface area (Å²) in [6.07, 6.45) is 4.71. The minimum atomic E-state index is -0.429. The molecule has 10 nitrogen and oxygen atoms in total. The van der Waals surface area contributed by atoms with Crippen molar-refractivity contribution in [1.82, 2.24) is 24.0 Å². The number of ether oxygens (including phenoxy) is 1.